The van der Waals surface area contributed by atoms with Crippen molar-refractivity contribution in [1.82, 2.24) is 9.88 Å². The average Bonchev–Trinajstić information content (AvgIpc) is 2.46. The van der Waals surface area contributed by atoms with E-state index in [0.29, 0.717) is 16.8 Å². The summed E-state index contributed by atoms with van der Waals surface area (Å²) in [4.78, 5) is 24.3. The normalized spacial score (nSPS) is 16.7. The van der Waals surface area contributed by atoms with E-state index < -0.39 is 5.41 Å². The van der Waals surface area contributed by atoms with Gasteiger partial charge < -0.3 is 19.9 Å². The first kappa shape index (κ1) is 19.2. The molecule has 2 rings (SSSR count). The third kappa shape index (κ3) is 4.10. The van der Waals surface area contributed by atoms with Gasteiger partial charge in [0.25, 0.3) is 5.56 Å². The van der Waals surface area contributed by atoms with E-state index in [4.69, 9.17) is 4.74 Å². The number of aromatic nitrogens is 1. The summed E-state index contributed by atoms with van der Waals surface area (Å²) in [7, 11) is 3.26. The lowest BCUT2D eigenvalue weighted by Gasteiger charge is -2.35. The van der Waals surface area contributed by atoms with E-state index in [0.717, 1.165) is 25.9 Å². The Bertz CT molecular complexity index is 553. The molecule has 124 valence electrons. The van der Waals surface area contributed by atoms with Gasteiger partial charge in [0.05, 0.1) is 22.2 Å². The molecule has 0 aromatic carbocycles. The summed E-state index contributed by atoms with van der Waals surface area (Å²) in [5.74, 6) is -0.0589. The van der Waals surface area contributed by atoms with Gasteiger partial charge in [-0.15, -0.1) is 12.4 Å². The van der Waals surface area contributed by atoms with E-state index in [-0.39, 0.29) is 23.9 Å². The molecule has 0 atom stereocenters. The Labute approximate surface area is 144 Å². The summed E-state index contributed by atoms with van der Waals surface area (Å²) in [5.41, 5.74) is -0.0503. The number of carbonyl (C=O) groups excluding carboxylic acids is 1. The molecule has 1 amide bonds. The highest BCUT2D eigenvalue weighted by atomic mass is 79.9. The van der Waals surface area contributed by atoms with Crippen LogP contribution >= 0.6 is 28.3 Å². The highest BCUT2D eigenvalue weighted by molar-refractivity contribution is 9.10. The molecule has 0 aliphatic carbocycles. The molecule has 0 radical (unpaired) electrons. The lowest BCUT2D eigenvalue weighted by atomic mass is 9.78. The minimum Gasteiger partial charge on any atom is -0.384 e. The van der Waals surface area contributed by atoms with Crippen LogP contribution in [0.3, 0.4) is 0 Å². The fourth-order valence-corrected chi connectivity index (χ4v) is 3.15. The van der Waals surface area contributed by atoms with Crippen LogP contribution in [0.1, 0.15) is 12.8 Å². The molecule has 2 heterocycles. The van der Waals surface area contributed by atoms with E-state index in [2.05, 4.69) is 26.6 Å². The zero-order valence-corrected chi connectivity index (χ0v) is 15.1. The van der Waals surface area contributed by atoms with Crippen LogP contribution in [-0.4, -0.2) is 37.3 Å². The van der Waals surface area contributed by atoms with E-state index in [1.807, 2.05) is 0 Å². The molecule has 1 aliphatic rings. The first-order valence-electron chi connectivity index (χ1n) is 6.86. The van der Waals surface area contributed by atoms with Gasteiger partial charge >= 0.3 is 0 Å². The number of hydrogen-bond donors (Lipinski definition) is 2. The van der Waals surface area contributed by atoms with Crippen molar-refractivity contribution in [3.05, 3.63) is 27.1 Å². The third-order valence-corrected chi connectivity index (χ3v) is 4.43. The Kier molecular flexibility index (Phi) is 7.05. The molecule has 0 saturated carbocycles. The topological polar surface area (TPSA) is 72.4 Å². The fourth-order valence-electron chi connectivity index (χ4n) is 2.62. The molecule has 1 aromatic rings. The van der Waals surface area contributed by atoms with Gasteiger partial charge in [-0.05, 0) is 47.9 Å². The van der Waals surface area contributed by atoms with Gasteiger partial charge in [0, 0.05) is 20.4 Å². The number of rotatable bonds is 4. The molecule has 0 spiro atoms. The maximum absolute atomic E-state index is 12.7. The predicted octanol–water partition coefficient (Wildman–Crippen LogP) is 1.52. The molecule has 1 fully saturated rings. The minimum absolute atomic E-state index is 0. The first-order valence-corrected chi connectivity index (χ1v) is 7.65. The van der Waals surface area contributed by atoms with Gasteiger partial charge in [-0.25, -0.2) is 0 Å². The number of ether oxygens (including phenoxy) is 1. The summed E-state index contributed by atoms with van der Waals surface area (Å²) in [6.45, 7) is 1.99. The molecular formula is C14H21BrClN3O3. The lowest BCUT2D eigenvalue weighted by Crippen LogP contribution is -2.47. The smallest absolute Gasteiger partial charge is 0.264 e. The SMILES string of the molecule is COCC1(C(=O)Nc2cc(Br)c(=O)n(C)c2)CCNCC1.Cl. The Morgan fingerprint density at radius 1 is 1.50 bits per heavy atom. The molecule has 0 bridgehead atoms. The maximum atomic E-state index is 12.7. The number of carbonyl (C=O) groups is 1. The van der Waals surface area contributed by atoms with Crippen molar-refractivity contribution >= 4 is 39.9 Å². The van der Waals surface area contributed by atoms with Crippen molar-refractivity contribution in [3.63, 3.8) is 0 Å². The Morgan fingerprint density at radius 3 is 2.68 bits per heavy atom. The predicted molar refractivity (Wildman–Crippen MR) is 91.7 cm³/mol. The van der Waals surface area contributed by atoms with Crippen molar-refractivity contribution < 1.29 is 9.53 Å². The average molecular weight is 395 g/mol. The van der Waals surface area contributed by atoms with E-state index in [9.17, 15) is 9.59 Å². The number of halogens is 2. The van der Waals surface area contributed by atoms with E-state index >= 15 is 0 Å². The number of pyridine rings is 1. The molecular weight excluding hydrogens is 374 g/mol. The van der Waals surface area contributed by atoms with E-state index in [1.54, 1.807) is 26.4 Å². The van der Waals surface area contributed by atoms with Crippen molar-refractivity contribution in [2.24, 2.45) is 12.5 Å². The largest absolute Gasteiger partial charge is 0.384 e. The lowest BCUT2D eigenvalue weighted by molar-refractivity contribution is -0.130. The van der Waals surface area contributed by atoms with Crippen LogP contribution in [0.4, 0.5) is 5.69 Å². The zero-order valence-electron chi connectivity index (χ0n) is 12.6. The Balaban J connectivity index is 0.00000242. The zero-order chi connectivity index (χ0) is 15.5. The van der Waals surface area contributed by atoms with Crippen molar-refractivity contribution in [3.8, 4) is 0 Å². The number of anilines is 1. The quantitative estimate of drug-likeness (QED) is 0.812. The second-order valence-electron chi connectivity index (χ2n) is 5.41. The number of hydrogen-bond acceptors (Lipinski definition) is 4. The van der Waals surface area contributed by atoms with Gasteiger partial charge in [0.15, 0.2) is 0 Å². The molecule has 1 saturated heterocycles. The second kappa shape index (κ2) is 8.10. The molecule has 0 unspecified atom stereocenters. The number of methoxy groups -OCH3 is 1. The van der Waals surface area contributed by atoms with Crippen LogP contribution in [0.2, 0.25) is 0 Å². The number of nitrogens with zero attached hydrogens (tertiary/aromatic N) is 1. The number of aryl methyl sites for hydroxylation is 1. The molecule has 6 nitrogen and oxygen atoms in total. The van der Waals surface area contributed by atoms with Crippen molar-refractivity contribution in [2.75, 3.05) is 32.1 Å². The standard InChI is InChI=1S/C14H20BrN3O3.ClH/c1-18-8-10(7-11(15)12(18)19)17-13(20)14(9-21-2)3-5-16-6-4-14;/h7-8,16H,3-6,9H2,1-2H3,(H,17,20);1H. The van der Waals surface area contributed by atoms with Gasteiger partial charge in [0.1, 0.15) is 0 Å². The van der Waals surface area contributed by atoms with Crippen molar-refractivity contribution in [1.29, 1.82) is 0 Å². The van der Waals surface area contributed by atoms with Crippen LogP contribution in [0.25, 0.3) is 0 Å². The number of amides is 1. The van der Waals surface area contributed by atoms with Gasteiger partial charge in [-0.3, -0.25) is 9.59 Å². The summed E-state index contributed by atoms with van der Waals surface area (Å²) in [5, 5.41) is 6.16. The highest BCUT2D eigenvalue weighted by Gasteiger charge is 2.39. The van der Waals surface area contributed by atoms with Gasteiger partial charge in [0.2, 0.25) is 5.91 Å². The van der Waals surface area contributed by atoms with Crippen LogP contribution in [0, 0.1) is 5.41 Å². The Morgan fingerprint density at radius 2 is 2.14 bits per heavy atom. The molecule has 22 heavy (non-hydrogen) atoms. The van der Waals surface area contributed by atoms with Crippen LogP contribution in [0.5, 0.6) is 0 Å². The van der Waals surface area contributed by atoms with E-state index in [1.165, 1.54) is 4.57 Å². The summed E-state index contributed by atoms with van der Waals surface area (Å²) < 4.78 is 7.12. The fraction of sp³-hybridized carbons (Fsp3) is 0.571. The monoisotopic (exact) mass is 393 g/mol. The number of piperidine rings is 1. The summed E-state index contributed by atoms with van der Waals surface area (Å²) in [6, 6.07) is 1.63. The number of nitrogens with one attached hydrogen (secondary N) is 2. The second-order valence-corrected chi connectivity index (χ2v) is 6.26. The molecule has 2 N–H and O–H groups in total. The molecule has 8 heteroatoms. The van der Waals surface area contributed by atoms with Crippen molar-refractivity contribution in [2.45, 2.75) is 12.8 Å². The van der Waals surface area contributed by atoms with Crippen LogP contribution in [-0.2, 0) is 16.6 Å². The minimum atomic E-state index is -0.513. The van der Waals surface area contributed by atoms with Crippen LogP contribution < -0.4 is 16.2 Å². The van der Waals surface area contributed by atoms with Gasteiger partial charge in [-0.2, -0.15) is 0 Å². The third-order valence-electron chi connectivity index (χ3n) is 3.86. The highest BCUT2D eigenvalue weighted by Crippen LogP contribution is 2.31. The Hall–Kier alpha value is -0.890. The molecule has 1 aromatic heterocycles. The summed E-state index contributed by atoms with van der Waals surface area (Å²) in [6.07, 6.45) is 3.09. The maximum Gasteiger partial charge on any atom is 0.264 e. The summed E-state index contributed by atoms with van der Waals surface area (Å²) >= 11 is 3.21. The van der Waals surface area contributed by atoms with Gasteiger partial charge in [-0.1, -0.05) is 0 Å². The molecule has 1 aliphatic heterocycles. The van der Waals surface area contributed by atoms with Crippen LogP contribution in [0.15, 0.2) is 21.5 Å². The first-order chi connectivity index (χ1) is 9.98.